The highest BCUT2D eigenvalue weighted by Crippen LogP contribution is 2.28. The zero-order chi connectivity index (χ0) is 17.5. The summed E-state index contributed by atoms with van der Waals surface area (Å²) in [5, 5.41) is 4.76. The van der Waals surface area contributed by atoms with Crippen molar-refractivity contribution in [1.82, 2.24) is 15.3 Å². The fraction of sp³-hybridized carbons (Fsp3) is 0.167. The van der Waals surface area contributed by atoms with Gasteiger partial charge in [0, 0.05) is 17.1 Å². The van der Waals surface area contributed by atoms with Gasteiger partial charge in [0.05, 0.1) is 30.6 Å². The van der Waals surface area contributed by atoms with E-state index >= 15 is 0 Å². The van der Waals surface area contributed by atoms with Crippen molar-refractivity contribution in [3.8, 4) is 11.5 Å². The van der Waals surface area contributed by atoms with Gasteiger partial charge in [-0.2, -0.15) is 0 Å². The van der Waals surface area contributed by atoms with Gasteiger partial charge in [-0.15, -0.1) is 11.3 Å². The van der Waals surface area contributed by atoms with Crippen LogP contribution in [0.3, 0.4) is 0 Å². The molecule has 0 atom stereocenters. The standard InChI is InChI=1S/C18H17N3O3S/c1-23-17-8-13(18(22)20-9-14-4-2-3-7-19-14)5-6-16(17)24-10-15-11-25-12-21-15/h2-8,11-12H,9-10H2,1H3,(H,20,22). The maximum Gasteiger partial charge on any atom is 0.251 e. The number of thiazole rings is 1. The van der Waals surface area contributed by atoms with Crippen LogP contribution in [0.25, 0.3) is 0 Å². The second-order valence-electron chi connectivity index (χ2n) is 5.14. The number of carbonyl (C=O) groups is 1. The molecule has 2 aromatic heterocycles. The molecule has 1 aromatic carbocycles. The minimum atomic E-state index is -0.199. The summed E-state index contributed by atoms with van der Waals surface area (Å²) in [4.78, 5) is 20.6. The summed E-state index contributed by atoms with van der Waals surface area (Å²) in [6, 6.07) is 10.7. The Hall–Kier alpha value is -2.93. The fourth-order valence-electron chi connectivity index (χ4n) is 2.16. The second-order valence-corrected chi connectivity index (χ2v) is 5.86. The third kappa shape index (κ3) is 4.54. The Morgan fingerprint density at radius 2 is 2.08 bits per heavy atom. The summed E-state index contributed by atoms with van der Waals surface area (Å²) in [5.74, 6) is 0.868. The van der Waals surface area contributed by atoms with Crippen LogP contribution in [0.1, 0.15) is 21.7 Å². The lowest BCUT2D eigenvalue weighted by atomic mass is 10.2. The quantitative estimate of drug-likeness (QED) is 0.705. The predicted molar refractivity (Wildman–Crippen MR) is 94.8 cm³/mol. The maximum absolute atomic E-state index is 12.3. The Bertz CT molecular complexity index is 823. The smallest absolute Gasteiger partial charge is 0.251 e. The van der Waals surface area contributed by atoms with Crippen LogP contribution in [0.2, 0.25) is 0 Å². The molecule has 7 heteroatoms. The molecule has 3 aromatic rings. The summed E-state index contributed by atoms with van der Waals surface area (Å²) in [7, 11) is 1.54. The van der Waals surface area contributed by atoms with E-state index in [0.29, 0.717) is 30.2 Å². The van der Waals surface area contributed by atoms with Gasteiger partial charge in [0.25, 0.3) is 5.91 Å². The molecule has 25 heavy (non-hydrogen) atoms. The van der Waals surface area contributed by atoms with Crippen molar-refractivity contribution in [1.29, 1.82) is 0 Å². The molecule has 0 aliphatic carbocycles. The molecule has 0 saturated carbocycles. The van der Waals surface area contributed by atoms with Crippen LogP contribution in [0.5, 0.6) is 11.5 Å². The van der Waals surface area contributed by atoms with Gasteiger partial charge in [-0.1, -0.05) is 6.07 Å². The number of pyridine rings is 1. The zero-order valence-corrected chi connectivity index (χ0v) is 14.5. The van der Waals surface area contributed by atoms with Crippen LogP contribution in [0, 0.1) is 0 Å². The number of ether oxygens (including phenoxy) is 2. The number of nitrogens with one attached hydrogen (secondary N) is 1. The largest absolute Gasteiger partial charge is 0.493 e. The van der Waals surface area contributed by atoms with Crippen molar-refractivity contribution in [3.63, 3.8) is 0 Å². The minimum Gasteiger partial charge on any atom is -0.493 e. The number of amides is 1. The normalized spacial score (nSPS) is 10.3. The van der Waals surface area contributed by atoms with Crippen LogP contribution < -0.4 is 14.8 Å². The topological polar surface area (TPSA) is 73.3 Å². The van der Waals surface area contributed by atoms with Crippen LogP contribution >= 0.6 is 11.3 Å². The van der Waals surface area contributed by atoms with Crippen molar-refractivity contribution < 1.29 is 14.3 Å². The van der Waals surface area contributed by atoms with Crippen molar-refractivity contribution >= 4 is 17.2 Å². The SMILES string of the molecule is COc1cc(C(=O)NCc2ccccn2)ccc1OCc1cscn1. The highest BCUT2D eigenvalue weighted by Gasteiger charge is 2.12. The first-order valence-electron chi connectivity index (χ1n) is 7.62. The van der Waals surface area contributed by atoms with Gasteiger partial charge >= 0.3 is 0 Å². The van der Waals surface area contributed by atoms with E-state index in [-0.39, 0.29) is 5.91 Å². The van der Waals surface area contributed by atoms with Gasteiger partial charge in [-0.25, -0.2) is 4.98 Å². The molecule has 0 fully saturated rings. The summed E-state index contributed by atoms with van der Waals surface area (Å²) in [6.45, 7) is 0.717. The predicted octanol–water partition coefficient (Wildman–Crippen LogP) is 3.06. The Kier molecular flexibility index (Phi) is 5.58. The van der Waals surface area contributed by atoms with Gasteiger partial charge in [0.15, 0.2) is 11.5 Å². The molecule has 0 aliphatic heterocycles. The third-order valence-electron chi connectivity index (χ3n) is 3.44. The number of carbonyl (C=O) groups excluding carboxylic acids is 1. The summed E-state index contributed by atoms with van der Waals surface area (Å²) < 4.78 is 11.0. The van der Waals surface area contributed by atoms with Gasteiger partial charge < -0.3 is 14.8 Å². The molecule has 0 aliphatic rings. The molecule has 0 radical (unpaired) electrons. The first-order chi connectivity index (χ1) is 12.3. The average Bonchev–Trinajstić information content (AvgIpc) is 3.18. The summed E-state index contributed by atoms with van der Waals surface area (Å²) in [5.41, 5.74) is 3.90. The van der Waals surface area contributed by atoms with Crippen molar-refractivity contribution in [2.24, 2.45) is 0 Å². The molecule has 0 saturated heterocycles. The van der Waals surface area contributed by atoms with Crippen LogP contribution in [-0.4, -0.2) is 23.0 Å². The molecule has 2 heterocycles. The van der Waals surface area contributed by atoms with Crippen molar-refractivity contribution in [3.05, 3.63) is 70.4 Å². The number of methoxy groups -OCH3 is 1. The van der Waals surface area contributed by atoms with E-state index in [2.05, 4.69) is 15.3 Å². The van der Waals surface area contributed by atoms with E-state index in [9.17, 15) is 4.79 Å². The highest BCUT2D eigenvalue weighted by atomic mass is 32.1. The Morgan fingerprint density at radius 3 is 2.80 bits per heavy atom. The highest BCUT2D eigenvalue weighted by molar-refractivity contribution is 7.07. The van der Waals surface area contributed by atoms with E-state index in [0.717, 1.165) is 11.4 Å². The van der Waals surface area contributed by atoms with Crippen molar-refractivity contribution in [2.75, 3.05) is 7.11 Å². The molecular formula is C18H17N3O3S. The summed E-state index contributed by atoms with van der Waals surface area (Å²) >= 11 is 1.51. The van der Waals surface area contributed by atoms with Crippen molar-refractivity contribution in [2.45, 2.75) is 13.2 Å². The Labute approximate surface area is 149 Å². The van der Waals surface area contributed by atoms with E-state index in [1.54, 1.807) is 37.0 Å². The second kappa shape index (κ2) is 8.25. The summed E-state index contributed by atoms with van der Waals surface area (Å²) in [6.07, 6.45) is 1.69. The first kappa shape index (κ1) is 16.9. The molecule has 0 spiro atoms. The first-order valence-corrected chi connectivity index (χ1v) is 8.56. The van der Waals surface area contributed by atoms with Gasteiger partial charge in [0.1, 0.15) is 6.61 Å². The fourth-order valence-corrected chi connectivity index (χ4v) is 2.71. The molecule has 0 unspecified atom stereocenters. The molecular weight excluding hydrogens is 338 g/mol. The van der Waals surface area contributed by atoms with Crippen LogP contribution in [0.4, 0.5) is 0 Å². The van der Waals surface area contributed by atoms with E-state index in [4.69, 9.17) is 9.47 Å². The lowest BCUT2D eigenvalue weighted by molar-refractivity contribution is 0.0950. The van der Waals surface area contributed by atoms with E-state index in [1.165, 1.54) is 11.3 Å². The average molecular weight is 355 g/mol. The molecule has 0 bridgehead atoms. The lowest BCUT2D eigenvalue weighted by Gasteiger charge is -2.11. The molecule has 3 rings (SSSR count). The van der Waals surface area contributed by atoms with E-state index < -0.39 is 0 Å². The number of rotatable bonds is 7. The number of benzene rings is 1. The van der Waals surface area contributed by atoms with Gasteiger partial charge in [0.2, 0.25) is 0 Å². The molecule has 1 N–H and O–H groups in total. The number of hydrogen-bond donors (Lipinski definition) is 1. The monoisotopic (exact) mass is 355 g/mol. The van der Waals surface area contributed by atoms with Crippen LogP contribution in [0.15, 0.2) is 53.5 Å². The molecule has 128 valence electrons. The Morgan fingerprint density at radius 1 is 1.16 bits per heavy atom. The third-order valence-corrected chi connectivity index (χ3v) is 4.08. The Balaban J connectivity index is 1.64. The van der Waals surface area contributed by atoms with Gasteiger partial charge in [-0.3, -0.25) is 9.78 Å². The lowest BCUT2D eigenvalue weighted by Crippen LogP contribution is -2.23. The molecule has 1 amide bonds. The zero-order valence-electron chi connectivity index (χ0n) is 13.6. The number of aromatic nitrogens is 2. The van der Waals surface area contributed by atoms with E-state index in [1.807, 2.05) is 23.6 Å². The number of hydrogen-bond acceptors (Lipinski definition) is 6. The minimum absolute atomic E-state index is 0.199. The maximum atomic E-state index is 12.3. The van der Waals surface area contributed by atoms with Crippen LogP contribution in [-0.2, 0) is 13.2 Å². The van der Waals surface area contributed by atoms with Gasteiger partial charge in [-0.05, 0) is 30.3 Å². The molecule has 6 nitrogen and oxygen atoms in total. The number of nitrogens with zero attached hydrogens (tertiary/aromatic N) is 2.